The van der Waals surface area contributed by atoms with Gasteiger partial charge in [-0.25, -0.2) is 4.98 Å². The zero-order valence-corrected chi connectivity index (χ0v) is 11.6. The number of hydrogen-bond donors (Lipinski definition) is 0. The summed E-state index contributed by atoms with van der Waals surface area (Å²) in [6, 6.07) is 6.09. The van der Waals surface area contributed by atoms with Crippen LogP contribution in [0.25, 0.3) is 0 Å². The molecular weight excluding hydrogens is 228 g/mol. The van der Waals surface area contributed by atoms with Gasteiger partial charge in [-0.3, -0.25) is 4.98 Å². The molecule has 0 aliphatic carbocycles. The molecule has 3 heteroatoms. The molecule has 0 N–H and O–H groups in total. The van der Waals surface area contributed by atoms with E-state index in [-0.39, 0.29) is 10.8 Å². The second-order valence-electron chi connectivity index (χ2n) is 5.34. The van der Waals surface area contributed by atoms with Crippen molar-refractivity contribution in [1.82, 2.24) is 9.97 Å². The average Bonchev–Trinajstić information content (AvgIpc) is 2.84. The Labute approximate surface area is 107 Å². The summed E-state index contributed by atoms with van der Waals surface area (Å²) in [5.41, 5.74) is 4.05. The molecule has 0 fully saturated rings. The lowest BCUT2D eigenvalue weighted by molar-refractivity contribution is 0.289. The Hall–Kier alpha value is -1.22. The molecule has 17 heavy (non-hydrogen) atoms. The summed E-state index contributed by atoms with van der Waals surface area (Å²) in [5.74, 6) is 0. The molecule has 0 unspecified atom stereocenters. The lowest BCUT2D eigenvalue weighted by Gasteiger charge is -2.40. The Morgan fingerprint density at radius 1 is 0.941 bits per heavy atom. The second-order valence-corrected chi connectivity index (χ2v) is 6.06. The molecule has 0 bridgehead atoms. The van der Waals surface area contributed by atoms with Crippen molar-refractivity contribution in [1.29, 1.82) is 0 Å². The number of rotatable bonds is 3. The molecule has 2 aromatic heterocycles. The summed E-state index contributed by atoms with van der Waals surface area (Å²) >= 11 is 1.65. The van der Waals surface area contributed by atoms with Gasteiger partial charge in [0.15, 0.2) is 0 Å². The van der Waals surface area contributed by atoms with E-state index in [1.165, 1.54) is 0 Å². The maximum Gasteiger partial charge on any atom is 0.0794 e. The van der Waals surface area contributed by atoms with E-state index in [4.69, 9.17) is 0 Å². The minimum Gasteiger partial charge on any atom is -0.261 e. The smallest absolute Gasteiger partial charge is 0.0794 e. The van der Waals surface area contributed by atoms with E-state index < -0.39 is 0 Å². The molecule has 2 heterocycles. The fourth-order valence-corrected chi connectivity index (χ4v) is 2.61. The first-order valence-electron chi connectivity index (χ1n) is 5.76. The second kappa shape index (κ2) is 4.22. The Morgan fingerprint density at radius 2 is 1.65 bits per heavy atom. The van der Waals surface area contributed by atoms with Crippen molar-refractivity contribution in [3.63, 3.8) is 0 Å². The molecule has 0 amide bonds. The first-order chi connectivity index (χ1) is 7.96. The summed E-state index contributed by atoms with van der Waals surface area (Å²) in [4.78, 5) is 8.97. The van der Waals surface area contributed by atoms with E-state index in [0.29, 0.717) is 0 Å². The molecule has 0 saturated heterocycles. The third-order valence-electron chi connectivity index (χ3n) is 3.94. The SMILES string of the molecule is CC(C)(c1ccccn1)C(C)(C)c1cscn1. The molecule has 0 radical (unpaired) electrons. The van der Waals surface area contributed by atoms with Gasteiger partial charge in [-0.05, 0) is 12.1 Å². The fourth-order valence-electron chi connectivity index (χ4n) is 1.89. The Kier molecular flexibility index (Phi) is 3.04. The maximum atomic E-state index is 4.50. The molecule has 0 aliphatic rings. The highest BCUT2D eigenvalue weighted by Crippen LogP contribution is 2.42. The minimum atomic E-state index is -0.0532. The third kappa shape index (κ3) is 2.00. The van der Waals surface area contributed by atoms with Crippen molar-refractivity contribution >= 4 is 11.3 Å². The van der Waals surface area contributed by atoms with Crippen LogP contribution >= 0.6 is 11.3 Å². The van der Waals surface area contributed by atoms with E-state index in [2.05, 4.69) is 49.1 Å². The summed E-state index contributed by atoms with van der Waals surface area (Å²) in [7, 11) is 0. The largest absolute Gasteiger partial charge is 0.261 e. The van der Waals surface area contributed by atoms with Gasteiger partial charge in [0.2, 0.25) is 0 Å². The van der Waals surface area contributed by atoms with Gasteiger partial charge < -0.3 is 0 Å². The third-order valence-corrected chi connectivity index (χ3v) is 4.53. The zero-order valence-electron chi connectivity index (χ0n) is 10.8. The predicted octanol–water partition coefficient (Wildman–Crippen LogP) is 3.79. The lowest BCUT2D eigenvalue weighted by Crippen LogP contribution is -2.41. The van der Waals surface area contributed by atoms with E-state index >= 15 is 0 Å². The van der Waals surface area contributed by atoms with Crippen LogP contribution in [0.5, 0.6) is 0 Å². The van der Waals surface area contributed by atoms with Crippen molar-refractivity contribution in [2.45, 2.75) is 38.5 Å². The van der Waals surface area contributed by atoms with E-state index in [1.54, 1.807) is 11.3 Å². The van der Waals surface area contributed by atoms with Crippen LogP contribution < -0.4 is 0 Å². The lowest BCUT2D eigenvalue weighted by atomic mass is 9.64. The average molecular weight is 246 g/mol. The highest BCUT2D eigenvalue weighted by Gasteiger charge is 2.41. The quantitative estimate of drug-likeness (QED) is 0.823. The van der Waals surface area contributed by atoms with Crippen molar-refractivity contribution in [2.75, 3.05) is 0 Å². The molecule has 2 nitrogen and oxygen atoms in total. The van der Waals surface area contributed by atoms with Gasteiger partial charge in [0.1, 0.15) is 0 Å². The van der Waals surface area contributed by atoms with Crippen LogP contribution in [0.3, 0.4) is 0 Å². The van der Waals surface area contributed by atoms with E-state index in [0.717, 1.165) is 11.4 Å². The summed E-state index contributed by atoms with van der Waals surface area (Å²) in [6.07, 6.45) is 1.86. The number of nitrogens with zero attached hydrogens (tertiary/aromatic N) is 2. The van der Waals surface area contributed by atoms with Gasteiger partial charge in [0, 0.05) is 28.1 Å². The van der Waals surface area contributed by atoms with Gasteiger partial charge >= 0.3 is 0 Å². The topological polar surface area (TPSA) is 25.8 Å². The minimum absolute atomic E-state index is 0.0403. The van der Waals surface area contributed by atoms with Crippen LogP contribution in [-0.2, 0) is 10.8 Å². The van der Waals surface area contributed by atoms with Gasteiger partial charge in [-0.15, -0.1) is 11.3 Å². The highest BCUT2D eigenvalue weighted by molar-refractivity contribution is 7.07. The van der Waals surface area contributed by atoms with Crippen molar-refractivity contribution in [3.05, 3.63) is 46.7 Å². The highest BCUT2D eigenvalue weighted by atomic mass is 32.1. The van der Waals surface area contributed by atoms with Crippen molar-refractivity contribution in [3.8, 4) is 0 Å². The molecule has 0 aliphatic heterocycles. The van der Waals surface area contributed by atoms with E-state index in [9.17, 15) is 0 Å². The van der Waals surface area contributed by atoms with Crippen molar-refractivity contribution < 1.29 is 0 Å². The first kappa shape index (κ1) is 12.2. The molecule has 2 rings (SSSR count). The van der Waals surface area contributed by atoms with Gasteiger partial charge in [0.25, 0.3) is 0 Å². The number of hydrogen-bond acceptors (Lipinski definition) is 3. The number of aromatic nitrogens is 2. The van der Waals surface area contributed by atoms with Gasteiger partial charge in [0.05, 0.1) is 11.2 Å². The zero-order chi connectivity index (χ0) is 12.5. The molecule has 90 valence electrons. The van der Waals surface area contributed by atoms with Crippen LogP contribution in [0, 0.1) is 0 Å². The van der Waals surface area contributed by atoms with Crippen LogP contribution in [-0.4, -0.2) is 9.97 Å². The molecule has 0 spiro atoms. The first-order valence-corrected chi connectivity index (χ1v) is 6.71. The van der Waals surface area contributed by atoms with Crippen LogP contribution in [0.4, 0.5) is 0 Å². The summed E-state index contributed by atoms with van der Waals surface area (Å²) in [5, 5.41) is 2.13. The summed E-state index contributed by atoms with van der Waals surface area (Å²) < 4.78 is 0. The van der Waals surface area contributed by atoms with Crippen LogP contribution in [0.1, 0.15) is 39.1 Å². The van der Waals surface area contributed by atoms with E-state index in [1.807, 2.05) is 23.8 Å². The monoisotopic (exact) mass is 246 g/mol. The molecule has 0 aromatic carbocycles. The maximum absolute atomic E-state index is 4.50. The standard InChI is InChI=1S/C14H18N2S/c1-13(2,11-7-5-6-8-15-11)14(3,4)12-9-17-10-16-12/h5-10H,1-4H3. The van der Waals surface area contributed by atoms with Gasteiger partial charge in [-0.1, -0.05) is 33.8 Å². The van der Waals surface area contributed by atoms with Crippen LogP contribution in [0.15, 0.2) is 35.3 Å². The number of thiazole rings is 1. The molecular formula is C14H18N2S. The molecule has 0 saturated carbocycles. The van der Waals surface area contributed by atoms with Gasteiger partial charge in [-0.2, -0.15) is 0 Å². The predicted molar refractivity (Wildman–Crippen MR) is 72.4 cm³/mol. The number of pyridine rings is 1. The Bertz CT molecular complexity index is 472. The Morgan fingerprint density at radius 3 is 2.18 bits per heavy atom. The molecule has 0 atom stereocenters. The fraction of sp³-hybridized carbons (Fsp3) is 0.429. The molecule has 2 aromatic rings. The normalized spacial score (nSPS) is 12.7. The van der Waals surface area contributed by atoms with Crippen molar-refractivity contribution in [2.24, 2.45) is 0 Å². The summed E-state index contributed by atoms with van der Waals surface area (Å²) in [6.45, 7) is 8.93. The Balaban J connectivity index is 2.45. The van der Waals surface area contributed by atoms with Crippen LogP contribution in [0.2, 0.25) is 0 Å².